The van der Waals surface area contributed by atoms with Gasteiger partial charge < -0.3 is 18.7 Å². The Morgan fingerprint density at radius 3 is 2.33 bits per heavy atom. The number of sulfonamides is 1. The smallest absolute Gasteiger partial charge is 0.243 e. The highest BCUT2D eigenvalue weighted by Crippen LogP contribution is 2.41. The van der Waals surface area contributed by atoms with Gasteiger partial charge in [-0.25, -0.2) is 12.8 Å². The number of ether oxygens (including phenoxy) is 3. The number of methoxy groups -OCH3 is 3. The van der Waals surface area contributed by atoms with Gasteiger partial charge in [0.2, 0.25) is 27.5 Å². The van der Waals surface area contributed by atoms with E-state index in [-0.39, 0.29) is 17.4 Å². The monoisotopic (exact) mass is 477 g/mol. The fraction of sp³-hybridized carbons (Fsp3) is 0.364. The Morgan fingerprint density at radius 1 is 1.06 bits per heavy atom. The Kier molecular flexibility index (Phi) is 6.52. The number of hydrogen-bond donors (Lipinski definition) is 0. The first kappa shape index (κ1) is 23.0. The molecule has 0 radical (unpaired) electrons. The molecule has 0 N–H and O–H groups in total. The lowest BCUT2D eigenvalue weighted by Gasteiger charge is -2.30. The first-order chi connectivity index (χ1) is 15.9. The van der Waals surface area contributed by atoms with Crippen LogP contribution in [0.15, 0.2) is 45.8 Å². The van der Waals surface area contributed by atoms with Crippen LogP contribution in [0.25, 0.3) is 11.4 Å². The molecule has 1 saturated heterocycles. The van der Waals surface area contributed by atoms with Crippen LogP contribution < -0.4 is 14.2 Å². The van der Waals surface area contributed by atoms with E-state index in [1.165, 1.54) is 37.8 Å². The second-order valence-corrected chi connectivity index (χ2v) is 9.46. The number of nitrogens with zero attached hydrogens (tertiary/aromatic N) is 3. The molecule has 11 heteroatoms. The molecule has 0 bridgehead atoms. The number of hydrogen-bond acceptors (Lipinski definition) is 8. The molecule has 33 heavy (non-hydrogen) atoms. The van der Waals surface area contributed by atoms with Gasteiger partial charge in [-0.3, -0.25) is 0 Å². The first-order valence-corrected chi connectivity index (χ1v) is 11.7. The lowest BCUT2D eigenvalue weighted by Crippen LogP contribution is -2.39. The van der Waals surface area contributed by atoms with Crippen molar-refractivity contribution in [2.75, 3.05) is 34.4 Å². The van der Waals surface area contributed by atoms with Gasteiger partial charge in [-0.15, -0.1) is 0 Å². The largest absolute Gasteiger partial charge is 0.493 e. The summed E-state index contributed by atoms with van der Waals surface area (Å²) in [6, 6.07) is 8.23. The predicted molar refractivity (Wildman–Crippen MR) is 117 cm³/mol. The van der Waals surface area contributed by atoms with E-state index in [4.69, 9.17) is 18.7 Å². The Balaban J connectivity index is 1.58. The third-order valence-corrected chi connectivity index (χ3v) is 7.43. The summed E-state index contributed by atoms with van der Waals surface area (Å²) >= 11 is 0. The van der Waals surface area contributed by atoms with E-state index in [2.05, 4.69) is 10.1 Å². The van der Waals surface area contributed by atoms with Gasteiger partial charge in [0, 0.05) is 18.7 Å². The molecular formula is C22H24FN3O6S. The fourth-order valence-corrected chi connectivity index (χ4v) is 5.37. The average Bonchev–Trinajstić information content (AvgIpc) is 3.34. The number of rotatable bonds is 7. The molecule has 176 valence electrons. The molecule has 0 unspecified atom stereocenters. The van der Waals surface area contributed by atoms with Crippen LogP contribution >= 0.6 is 0 Å². The van der Waals surface area contributed by atoms with E-state index in [0.717, 1.165) is 12.1 Å². The Hall–Kier alpha value is -3.18. The molecule has 2 heterocycles. The van der Waals surface area contributed by atoms with E-state index >= 15 is 0 Å². The van der Waals surface area contributed by atoms with E-state index < -0.39 is 15.8 Å². The SMILES string of the molecule is COc1cc(-c2noc([C@@H]3CCCN(S(=O)(=O)c4ccc(F)cc4)C3)n2)cc(OC)c1OC. The van der Waals surface area contributed by atoms with Crippen molar-refractivity contribution in [1.82, 2.24) is 14.4 Å². The quantitative estimate of drug-likeness (QED) is 0.510. The maximum absolute atomic E-state index is 13.2. The molecule has 1 atom stereocenters. The van der Waals surface area contributed by atoms with Gasteiger partial charge >= 0.3 is 0 Å². The van der Waals surface area contributed by atoms with Crippen molar-refractivity contribution in [3.63, 3.8) is 0 Å². The van der Waals surface area contributed by atoms with Crippen molar-refractivity contribution < 1.29 is 31.5 Å². The van der Waals surface area contributed by atoms with Crippen LogP contribution in [-0.4, -0.2) is 57.3 Å². The fourth-order valence-electron chi connectivity index (χ4n) is 3.85. The first-order valence-electron chi connectivity index (χ1n) is 10.3. The molecule has 0 saturated carbocycles. The van der Waals surface area contributed by atoms with Crippen molar-refractivity contribution in [3.8, 4) is 28.6 Å². The van der Waals surface area contributed by atoms with Crippen LogP contribution in [0, 0.1) is 5.82 Å². The second-order valence-electron chi connectivity index (χ2n) is 7.53. The maximum Gasteiger partial charge on any atom is 0.243 e. The van der Waals surface area contributed by atoms with Gasteiger partial charge in [0.15, 0.2) is 11.5 Å². The van der Waals surface area contributed by atoms with Crippen LogP contribution in [0.5, 0.6) is 17.2 Å². The molecule has 9 nitrogen and oxygen atoms in total. The number of piperidine rings is 1. The summed E-state index contributed by atoms with van der Waals surface area (Å²) in [5, 5.41) is 4.08. The molecular weight excluding hydrogens is 453 g/mol. The molecule has 4 rings (SSSR count). The number of benzene rings is 2. The maximum atomic E-state index is 13.2. The van der Waals surface area contributed by atoms with Crippen LogP contribution in [-0.2, 0) is 10.0 Å². The zero-order valence-electron chi connectivity index (χ0n) is 18.4. The van der Waals surface area contributed by atoms with E-state index in [9.17, 15) is 12.8 Å². The Labute approximate surface area is 191 Å². The highest BCUT2D eigenvalue weighted by Gasteiger charge is 2.33. The second kappa shape index (κ2) is 9.36. The minimum atomic E-state index is -3.76. The zero-order valence-corrected chi connectivity index (χ0v) is 19.3. The van der Waals surface area contributed by atoms with Crippen molar-refractivity contribution >= 4 is 10.0 Å². The van der Waals surface area contributed by atoms with Gasteiger partial charge in [0.25, 0.3) is 0 Å². The minimum Gasteiger partial charge on any atom is -0.493 e. The van der Waals surface area contributed by atoms with Crippen molar-refractivity contribution in [2.24, 2.45) is 0 Å². The predicted octanol–water partition coefficient (Wildman–Crippen LogP) is 3.47. The standard InChI is InChI=1S/C22H24FN3O6S/c1-29-18-11-15(12-19(30-2)20(18)31-3)21-24-22(32-25-21)14-5-4-10-26(13-14)33(27,28)17-8-6-16(23)7-9-17/h6-9,11-12,14H,4-5,10,13H2,1-3H3/t14-/m1/s1. The van der Waals surface area contributed by atoms with Crippen molar-refractivity contribution in [2.45, 2.75) is 23.7 Å². The number of halogens is 1. The molecule has 0 spiro atoms. The average molecular weight is 478 g/mol. The molecule has 0 aliphatic carbocycles. The van der Waals surface area contributed by atoms with E-state index in [1.807, 2.05) is 0 Å². The molecule has 1 aromatic heterocycles. The summed E-state index contributed by atoms with van der Waals surface area (Å²) in [4.78, 5) is 4.56. The third kappa shape index (κ3) is 4.51. The van der Waals surface area contributed by atoms with E-state index in [1.54, 1.807) is 12.1 Å². The summed E-state index contributed by atoms with van der Waals surface area (Å²) in [5.74, 6) is 1.26. The topological polar surface area (TPSA) is 104 Å². The summed E-state index contributed by atoms with van der Waals surface area (Å²) < 4.78 is 62.2. The summed E-state index contributed by atoms with van der Waals surface area (Å²) in [6.45, 7) is 0.556. The number of aromatic nitrogens is 2. The normalized spacial score (nSPS) is 17.0. The zero-order chi connectivity index (χ0) is 23.6. The van der Waals surface area contributed by atoms with Gasteiger partial charge in [-0.05, 0) is 49.2 Å². The summed E-state index contributed by atoms with van der Waals surface area (Å²) in [6.07, 6.45) is 1.33. The van der Waals surface area contributed by atoms with Crippen LogP contribution in [0.2, 0.25) is 0 Å². The van der Waals surface area contributed by atoms with E-state index in [0.29, 0.717) is 53.9 Å². The van der Waals surface area contributed by atoms with Gasteiger partial charge in [-0.1, -0.05) is 5.16 Å². The summed E-state index contributed by atoms with van der Waals surface area (Å²) in [7, 11) is 0.784. The van der Waals surface area contributed by atoms with Gasteiger partial charge in [-0.2, -0.15) is 9.29 Å². The lowest BCUT2D eigenvalue weighted by atomic mass is 10.00. The summed E-state index contributed by atoms with van der Waals surface area (Å²) in [5.41, 5.74) is 0.603. The highest BCUT2D eigenvalue weighted by molar-refractivity contribution is 7.89. The molecule has 1 aliphatic heterocycles. The molecule has 3 aromatic rings. The van der Waals surface area contributed by atoms with Crippen LogP contribution in [0.4, 0.5) is 4.39 Å². The van der Waals surface area contributed by atoms with Crippen molar-refractivity contribution in [3.05, 3.63) is 48.1 Å². The van der Waals surface area contributed by atoms with Gasteiger partial charge in [0.05, 0.1) is 32.1 Å². The van der Waals surface area contributed by atoms with Crippen molar-refractivity contribution in [1.29, 1.82) is 0 Å². The molecule has 2 aromatic carbocycles. The molecule has 0 amide bonds. The van der Waals surface area contributed by atoms with Crippen LogP contribution in [0.1, 0.15) is 24.7 Å². The molecule has 1 fully saturated rings. The third-order valence-electron chi connectivity index (χ3n) is 5.55. The minimum absolute atomic E-state index is 0.0493. The van der Waals surface area contributed by atoms with Crippen LogP contribution in [0.3, 0.4) is 0 Å². The lowest BCUT2D eigenvalue weighted by molar-refractivity contribution is 0.265. The Bertz CT molecular complexity index is 1200. The van der Waals surface area contributed by atoms with Gasteiger partial charge in [0.1, 0.15) is 5.82 Å². The highest BCUT2D eigenvalue weighted by atomic mass is 32.2. The molecule has 1 aliphatic rings. The Morgan fingerprint density at radius 2 is 1.73 bits per heavy atom.